The van der Waals surface area contributed by atoms with Crippen LogP contribution in [0.4, 0.5) is 5.69 Å². The largest absolute Gasteiger partial charge is 0.463 e. The van der Waals surface area contributed by atoms with Crippen molar-refractivity contribution in [3.05, 3.63) is 45.5 Å². The molecule has 0 fully saturated rings. The van der Waals surface area contributed by atoms with Gasteiger partial charge in [-0.05, 0) is 36.3 Å². The second-order valence-electron chi connectivity index (χ2n) is 4.57. The van der Waals surface area contributed by atoms with Crippen molar-refractivity contribution in [1.82, 2.24) is 0 Å². The third kappa shape index (κ3) is 5.10. The van der Waals surface area contributed by atoms with Gasteiger partial charge in [-0.3, -0.25) is 19.7 Å². The summed E-state index contributed by atoms with van der Waals surface area (Å²) in [5.74, 6) is -0.811. The van der Waals surface area contributed by atoms with E-state index < -0.39 is 17.0 Å². The average Bonchev–Trinajstić information content (AvgIpc) is 2.47. The maximum atomic E-state index is 12.2. The first kappa shape index (κ1) is 17.5. The fourth-order valence-corrected chi connectivity index (χ4v) is 1.71. The minimum absolute atomic E-state index is 0.0224. The van der Waals surface area contributed by atoms with Crippen LogP contribution < -0.4 is 0 Å². The molecule has 0 radical (unpaired) electrons. The molecule has 7 nitrogen and oxygen atoms in total. The summed E-state index contributed by atoms with van der Waals surface area (Å²) in [6, 6.07) is 5.80. The van der Waals surface area contributed by atoms with Crippen LogP contribution >= 0.6 is 0 Å². The standard InChI is InChI=1S/C15H17NO6/c1-10(15(18)14(21-3)9-22-11(2)17)8-12-4-6-13(7-5-12)16(19)20/h4-8,14H,9H2,1-3H3/b10-8+. The van der Waals surface area contributed by atoms with Gasteiger partial charge in [0.05, 0.1) is 4.92 Å². The van der Waals surface area contributed by atoms with Crippen LogP contribution in [-0.4, -0.2) is 36.5 Å². The van der Waals surface area contributed by atoms with Gasteiger partial charge >= 0.3 is 5.97 Å². The van der Waals surface area contributed by atoms with E-state index in [9.17, 15) is 19.7 Å². The van der Waals surface area contributed by atoms with E-state index in [1.807, 2.05) is 0 Å². The molecule has 7 heteroatoms. The van der Waals surface area contributed by atoms with Crippen LogP contribution in [0.15, 0.2) is 29.8 Å². The van der Waals surface area contributed by atoms with Crippen molar-refractivity contribution in [2.45, 2.75) is 20.0 Å². The summed E-state index contributed by atoms with van der Waals surface area (Å²) in [6.45, 7) is 2.69. The first-order chi connectivity index (χ1) is 10.3. The molecule has 0 saturated heterocycles. The molecular weight excluding hydrogens is 290 g/mol. The Kier molecular flexibility index (Phi) is 6.40. The number of ketones is 1. The van der Waals surface area contributed by atoms with Crippen LogP contribution in [0.25, 0.3) is 6.08 Å². The zero-order chi connectivity index (χ0) is 16.7. The predicted octanol–water partition coefficient (Wildman–Crippen LogP) is 2.15. The van der Waals surface area contributed by atoms with E-state index in [1.165, 1.54) is 26.2 Å². The summed E-state index contributed by atoms with van der Waals surface area (Å²) in [5, 5.41) is 10.6. The number of hydrogen-bond donors (Lipinski definition) is 0. The van der Waals surface area contributed by atoms with Crippen molar-refractivity contribution in [2.75, 3.05) is 13.7 Å². The minimum Gasteiger partial charge on any atom is -0.463 e. The van der Waals surface area contributed by atoms with E-state index in [-0.39, 0.29) is 18.1 Å². The molecule has 0 spiro atoms. The van der Waals surface area contributed by atoms with Crippen molar-refractivity contribution in [3.63, 3.8) is 0 Å². The van der Waals surface area contributed by atoms with E-state index in [2.05, 4.69) is 0 Å². The van der Waals surface area contributed by atoms with E-state index in [4.69, 9.17) is 9.47 Å². The number of Topliss-reactive ketones (excluding diaryl/α,β-unsaturated/α-hetero) is 1. The topological polar surface area (TPSA) is 95.7 Å². The van der Waals surface area contributed by atoms with Gasteiger partial charge < -0.3 is 9.47 Å². The zero-order valence-electron chi connectivity index (χ0n) is 12.6. The molecule has 1 atom stereocenters. The Labute approximate surface area is 127 Å². The first-order valence-electron chi connectivity index (χ1n) is 6.48. The quantitative estimate of drug-likeness (QED) is 0.331. The second kappa shape index (κ2) is 8.04. The lowest BCUT2D eigenvalue weighted by Gasteiger charge is -2.14. The number of benzene rings is 1. The molecule has 1 aromatic rings. The summed E-state index contributed by atoms with van der Waals surface area (Å²) in [5.41, 5.74) is 1.03. The Morgan fingerprint density at radius 2 is 1.86 bits per heavy atom. The van der Waals surface area contributed by atoms with E-state index >= 15 is 0 Å². The molecule has 22 heavy (non-hydrogen) atoms. The van der Waals surface area contributed by atoms with Gasteiger partial charge in [0.15, 0.2) is 11.9 Å². The summed E-state index contributed by atoms with van der Waals surface area (Å²) in [7, 11) is 1.35. The van der Waals surface area contributed by atoms with Crippen molar-refractivity contribution in [1.29, 1.82) is 0 Å². The van der Waals surface area contributed by atoms with E-state index in [1.54, 1.807) is 25.1 Å². The maximum absolute atomic E-state index is 12.2. The summed E-state index contributed by atoms with van der Waals surface area (Å²) in [6.07, 6.45) is 0.712. The van der Waals surface area contributed by atoms with Gasteiger partial charge in [0.1, 0.15) is 6.61 Å². The second-order valence-corrected chi connectivity index (χ2v) is 4.57. The molecule has 0 aromatic heterocycles. The molecule has 0 heterocycles. The molecule has 0 aliphatic rings. The number of non-ortho nitro benzene ring substituents is 1. The highest BCUT2D eigenvalue weighted by Crippen LogP contribution is 2.15. The van der Waals surface area contributed by atoms with Crippen LogP contribution in [0.3, 0.4) is 0 Å². The van der Waals surface area contributed by atoms with Gasteiger partial charge in [-0.2, -0.15) is 0 Å². The van der Waals surface area contributed by atoms with Crippen LogP contribution in [0.1, 0.15) is 19.4 Å². The number of carbonyl (C=O) groups is 2. The Morgan fingerprint density at radius 1 is 1.27 bits per heavy atom. The Hall–Kier alpha value is -2.54. The SMILES string of the molecule is COC(COC(C)=O)C(=O)/C(C)=C/c1ccc([N+](=O)[O-])cc1. The fraction of sp³-hybridized carbons (Fsp3) is 0.333. The zero-order valence-corrected chi connectivity index (χ0v) is 12.6. The van der Waals surface area contributed by atoms with Crippen molar-refractivity contribution in [2.24, 2.45) is 0 Å². The summed E-state index contributed by atoms with van der Waals surface area (Å²) < 4.78 is 9.79. The van der Waals surface area contributed by atoms with Crippen molar-refractivity contribution < 1.29 is 24.0 Å². The van der Waals surface area contributed by atoms with Gasteiger partial charge in [-0.25, -0.2) is 0 Å². The van der Waals surface area contributed by atoms with Crippen LogP contribution in [0.2, 0.25) is 0 Å². The van der Waals surface area contributed by atoms with Crippen LogP contribution in [0.5, 0.6) is 0 Å². The lowest BCUT2D eigenvalue weighted by Crippen LogP contribution is -2.29. The number of nitro benzene ring substituents is 1. The van der Waals surface area contributed by atoms with Gasteiger partial charge in [0.2, 0.25) is 0 Å². The number of ether oxygens (including phenoxy) is 2. The normalized spacial score (nSPS) is 12.6. The molecule has 0 bridgehead atoms. The van der Waals surface area contributed by atoms with Crippen molar-refractivity contribution >= 4 is 23.5 Å². The van der Waals surface area contributed by atoms with Crippen LogP contribution in [-0.2, 0) is 19.1 Å². The Balaban J connectivity index is 2.83. The number of nitro groups is 1. The maximum Gasteiger partial charge on any atom is 0.302 e. The highest BCUT2D eigenvalue weighted by Gasteiger charge is 2.20. The molecule has 1 aromatic carbocycles. The highest BCUT2D eigenvalue weighted by molar-refractivity contribution is 6.02. The number of nitrogens with zero attached hydrogens (tertiary/aromatic N) is 1. The third-order valence-corrected chi connectivity index (χ3v) is 2.89. The number of methoxy groups -OCH3 is 1. The number of rotatable bonds is 7. The van der Waals surface area contributed by atoms with Gasteiger partial charge in [-0.15, -0.1) is 0 Å². The number of esters is 1. The molecule has 0 N–H and O–H groups in total. The number of carbonyl (C=O) groups excluding carboxylic acids is 2. The summed E-state index contributed by atoms with van der Waals surface area (Å²) in [4.78, 5) is 33.0. The molecule has 0 amide bonds. The van der Waals surface area contributed by atoms with E-state index in [0.717, 1.165) is 0 Å². The predicted molar refractivity (Wildman–Crippen MR) is 79.2 cm³/mol. The molecule has 1 rings (SSSR count). The Morgan fingerprint density at radius 3 is 2.32 bits per heavy atom. The molecule has 118 valence electrons. The first-order valence-corrected chi connectivity index (χ1v) is 6.48. The summed E-state index contributed by atoms with van der Waals surface area (Å²) >= 11 is 0. The van der Waals surface area contributed by atoms with Crippen molar-refractivity contribution in [3.8, 4) is 0 Å². The van der Waals surface area contributed by atoms with Gasteiger partial charge in [0.25, 0.3) is 5.69 Å². The van der Waals surface area contributed by atoms with Crippen LogP contribution in [0, 0.1) is 10.1 Å². The van der Waals surface area contributed by atoms with Gasteiger partial charge in [-0.1, -0.05) is 0 Å². The lowest BCUT2D eigenvalue weighted by atomic mass is 10.0. The third-order valence-electron chi connectivity index (χ3n) is 2.89. The fourth-order valence-electron chi connectivity index (χ4n) is 1.71. The van der Waals surface area contributed by atoms with Gasteiger partial charge in [0, 0.05) is 26.2 Å². The average molecular weight is 307 g/mol. The molecule has 0 aliphatic carbocycles. The Bertz CT molecular complexity index is 591. The highest BCUT2D eigenvalue weighted by atomic mass is 16.6. The minimum atomic E-state index is -0.877. The monoisotopic (exact) mass is 307 g/mol. The number of hydrogen-bond acceptors (Lipinski definition) is 6. The lowest BCUT2D eigenvalue weighted by molar-refractivity contribution is -0.384. The molecule has 0 saturated carbocycles. The molecule has 1 unspecified atom stereocenters. The van der Waals surface area contributed by atoms with E-state index in [0.29, 0.717) is 11.1 Å². The molecule has 0 aliphatic heterocycles. The molecular formula is C15H17NO6. The smallest absolute Gasteiger partial charge is 0.302 e.